The predicted octanol–water partition coefficient (Wildman–Crippen LogP) is 2.90. The molecule has 0 aromatic heterocycles. The minimum atomic E-state index is -4.43. The standard InChI is InChI=1S/C13H14BrF3N2O/c1-8-7-19(5-4-18-8)12(20)9-2-3-10(11(14)6-9)13(15,16)17/h2-3,6,8,18H,4-5,7H2,1H3/t8-/m1/s1. The van der Waals surface area contributed by atoms with Crippen molar-refractivity contribution in [1.82, 2.24) is 10.2 Å². The molecule has 1 heterocycles. The van der Waals surface area contributed by atoms with Gasteiger partial charge in [-0.15, -0.1) is 0 Å². The topological polar surface area (TPSA) is 32.3 Å². The Morgan fingerprint density at radius 1 is 1.45 bits per heavy atom. The highest BCUT2D eigenvalue weighted by molar-refractivity contribution is 9.10. The summed E-state index contributed by atoms with van der Waals surface area (Å²) < 4.78 is 37.8. The first-order chi connectivity index (χ1) is 9.29. The van der Waals surface area contributed by atoms with Crippen LogP contribution < -0.4 is 5.32 Å². The number of halogens is 4. The minimum absolute atomic E-state index is 0.112. The minimum Gasteiger partial charge on any atom is -0.336 e. The molecule has 7 heteroatoms. The molecule has 0 unspecified atom stereocenters. The number of hydrogen-bond acceptors (Lipinski definition) is 2. The number of piperazine rings is 1. The maximum Gasteiger partial charge on any atom is 0.417 e. The molecule has 3 nitrogen and oxygen atoms in total. The van der Waals surface area contributed by atoms with Crippen molar-refractivity contribution in [3.63, 3.8) is 0 Å². The predicted molar refractivity (Wildman–Crippen MR) is 72.5 cm³/mol. The zero-order valence-corrected chi connectivity index (χ0v) is 12.4. The first-order valence-corrected chi connectivity index (χ1v) is 6.97. The van der Waals surface area contributed by atoms with Gasteiger partial charge in [0.15, 0.2) is 0 Å². The summed E-state index contributed by atoms with van der Waals surface area (Å²) in [4.78, 5) is 13.9. The Kier molecular flexibility index (Phi) is 4.39. The molecule has 1 saturated heterocycles. The Bertz CT molecular complexity index is 519. The molecule has 110 valence electrons. The molecule has 1 atom stereocenters. The summed E-state index contributed by atoms with van der Waals surface area (Å²) in [5, 5.41) is 3.21. The number of carbonyl (C=O) groups is 1. The first-order valence-electron chi connectivity index (χ1n) is 6.18. The van der Waals surface area contributed by atoms with Crippen molar-refractivity contribution in [3.05, 3.63) is 33.8 Å². The van der Waals surface area contributed by atoms with Gasteiger partial charge in [0.05, 0.1) is 5.56 Å². The van der Waals surface area contributed by atoms with Gasteiger partial charge in [-0.05, 0) is 25.1 Å². The van der Waals surface area contributed by atoms with Crippen LogP contribution in [0, 0.1) is 0 Å². The van der Waals surface area contributed by atoms with E-state index in [2.05, 4.69) is 21.2 Å². The highest BCUT2D eigenvalue weighted by atomic mass is 79.9. The zero-order valence-electron chi connectivity index (χ0n) is 10.8. The Morgan fingerprint density at radius 3 is 2.70 bits per heavy atom. The van der Waals surface area contributed by atoms with Crippen molar-refractivity contribution in [3.8, 4) is 0 Å². The summed E-state index contributed by atoms with van der Waals surface area (Å²) in [6.07, 6.45) is -4.43. The number of nitrogens with one attached hydrogen (secondary N) is 1. The molecule has 0 radical (unpaired) electrons. The van der Waals surface area contributed by atoms with Gasteiger partial charge in [-0.25, -0.2) is 0 Å². The SMILES string of the molecule is C[C@@H]1CN(C(=O)c2ccc(C(F)(F)F)c(Br)c2)CCN1. The molecular weight excluding hydrogens is 337 g/mol. The van der Waals surface area contributed by atoms with Crippen LogP contribution in [0.1, 0.15) is 22.8 Å². The second kappa shape index (κ2) is 5.73. The largest absolute Gasteiger partial charge is 0.417 e. The Morgan fingerprint density at radius 2 is 2.15 bits per heavy atom. The van der Waals surface area contributed by atoms with Crippen LogP contribution in [-0.2, 0) is 6.18 Å². The van der Waals surface area contributed by atoms with E-state index in [9.17, 15) is 18.0 Å². The number of nitrogens with zero attached hydrogens (tertiary/aromatic N) is 1. The summed E-state index contributed by atoms with van der Waals surface area (Å²) in [5.41, 5.74) is -0.512. The molecule has 1 aliphatic rings. The van der Waals surface area contributed by atoms with Crippen LogP contribution in [0.4, 0.5) is 13.2 Å². The number of alkyl halides is 3. The van der Waals surface area contributed by atoms with E-state index in [1.807, 2.05) is 6.92 Å². The van der Waals surface area contributed by atoms with E-state index in [0.29, 0.717) is 19.6 Å². The lowest BCUT2D eigenvalue weighted by Crippen LogP contribution is -2.51. The van der Waals surface area contributed by atoms with Crippen molar-refractivity contribution >= 4 is 21.8 Å². The zero-order chi connectivity index (χ0) is 14.9. The quantitative estimate of drug-likeness (QED) is 0.844. The monoisotopic (exact) mass is 350 g/mol. The molecule has 2 rings (SSSR count). The van der Waals surface area contributed by atoms with E-state index in [1.165, 1.54) is 12.1 Å². The fourth-order valence-corrected chi connectivity index (χ4v) is 2.78. The molecule has 1 aromatic carbocycles. The lowest BCUT2D eigenvalue weighted by atomic mass is 10.1. The molecule has 0 aliphatic carbocycles. The van der Waals surface area contributed by atoms with E-state index < -0.39 is 11.7 Å². The molecule has 0 saturated carbocycles. The van der Waals surface area contributed by atoms with Crippen LogP contribution in [0.25, 0.3) is 0 Å². The Balaban J connectivity index is 2.21. The highest BCUT2D eigenvalue weighted by Gasteiger charge is 2.33. The number of hydrogen-bond donors (Lipinski definition) is 1. The summed E-state index contributed by atoms with van der Waals surface area (Å²) in [6, 6.07) is 3.58. The van der Waals surface area contributed by atoms with Gasteiger partial charge in [-0.1, -0.05) is 15.9 Å². The molecule has 1 aliphatic heterocycles. The average molecular weight is 351 g/mol. The summed E-state index contributed by atoms with van der Waals surface area (Å²) in [6.45, 7) is 3.76. The Hall–Kier alpha value is -1.08. The third-order valence-corrected chi connectivity index (χ3v) is 3.83. The fourth-order valence-electron chi connectivity index (χ4n) is 2.18. The van der Waals surface area contributed by atoms with Crippen molar-refractivity contribution in [2.45, 2.75) is 19.1 Å². The van der Waals surface area contributed by atoms with Crippen LogP contribution in [0.5, 0.6) is 0 Å². The second-order valence-corrected chi connectivity index (χ2v) is 5.65. The number of amides is 1. The van der Waals surface area contributed by atoms with E-state index in [1.54, 1.807) is 4.90 Å². The van der Waals surface area contributed by atoms with E-state index in [0.717, 1.165) is 6.07 Å². The number of benzene rings is 1. The first kappa shape index (κ1) is 15.3. The summed E-state index contributed by atoms with van der Waals surface area (Å²) >= 11 is 2.88. The van der Waals surface area contributed by atoms with E-state index in [4.69, 9.17) is 0 Å². The number of rotatable bonds is 1. The van der Waals surface area contributed by atoms with Gasteiger partial charge in [0.1, 0.15) is 0 Å². The molecule has 1 aromatic rings. The average Bonchev–Trinajstić information content (AvgIpc) is 2.36. The lowest BCUT2D eigenvalue weighted by Gasteiger charge is -2.32. The second-order valence-electron chi connectivity index (χ2n) is 4.80. The molecule has 20 heavy (non-hydrogen) atoms. The van der Waals surface area contributed by atoms with Gasteiger partial charge in [0, 0.05) is 35.7 Å². The third-order valence-electron chi connectivity index (χ3n) is 3.18. The van der Waals surface area contributed by atoms with Gasteiger partial charge in [-0.2, -0.15) is 13.2 Å². The van der Waals surface area contributed by atoms with Crippen molar-refractivity contribution in [1.29, 1.82) is 0 Å². The van der Waals surface area contributed by atoms with Crippen LogP contribution in [0.2, 0.25) is 0 Å². The van der Waals surface area contributed by atoms with Gasteiger partial charge < -0.3 is 10.2 Å². The van der Waals surface area contributed by atoms with Gasteiger partial charge in [0.2, 0.25) is 0 Å². The molecule has 0 spiro atoms. The highest BCUT2D eigenvalue weighted by Crippen LogP contribution is 2.35. The molecule has 1 N–H and O–H groups in total. The number of carbonyl (C=O) groups excluding carboxylic acids is 1. The third kappa shape index (κ3) is 3.32. The van der Waals surface area contributed by atoms with Crippen molar-refractivity contribution < 1.29 is 18.0 Å². The van der Waals surface area contributed by atoms with Crippen molar-refractivity contribution in [2.24, 2.45) is 0 Å². The van der Waals surface area contributed by atoms with Crippen molar-refractivity contribution in [2.75, 3.05) is 19.6 Å². The van der Waals surface area contributed by atoms with E-state index >= 15 is 0 Å². The van der Waals surface area contributed by atoms with Gasteiger partial charge >= 0.3 is 6.18 Å². The maximum absolute atomic E-state index is 12.7. The normalized spacial score (nSPS) is 20.1. The van der Waals surface area contributed by atoms with E-state index in [-0.39, 0.29) is 22.0 Å². The van der Waals surface area contributed by atoms with Gasteiger partial charge in [0.25, 0.3) is 5.91 Å². The summed E-state index contributed by atoms with van der Waals surface area (Å²) in [7, 11) is 0. The van der Waals surface area contributed by atoms with Crippen LogP contribution >= 0.6 is 15.9 Å². The molecule has 1 fully saturated rings. The maximum atomic E-state index is 12.7. The smallest absolute Gasteiger partial charge is 0.336 e. The van der Waals surface area contributed by atoms with Crippen LogP contribution in [-0.4, -0.2) is 36.5 Å². The molecular formula is C13H14BrF3N2O. The summed E-state index contributed by atoms with van der Waals surface area (Å²) in [5.74, 6) is -0.243. The molecule has 0 bridgehead atoms. The molecule has 1 amide bonds. The van der Waals surface area contributed by atoms with Gasteiger partial charge in [-0.3, -0.25) is 4.79 Å². The van der Waals surface area contributed by atoms with Crippen LogP contribution in [0.15, 0.2) is 22.7 Å². The fraction of sp³-hybridized carbons (Fsp3) is 0.462. The van der Waals surface area contributed by atoms with Crippen LogP contribution in [0.3, 0.4) is 0 Å². The Labute approximate surface area is 123 Å². The lowest BCUT2D eigenvalue weighted by molar-refractivity contribution is -0.138.